The highest BCUT2D eigenvalue weighted by molar-refractivity contribution is 5.92. The molecular weight excluding hydrogens is 388 g/mol. The summed E-state index contributed by atoms with van der Waals surface area (Å²) in [5.74, 6) is 1.39. The van der Waals surface area contributed by atoms with E-state index in [2.05, 4.69) is 39.4 Å². The van der Waals surface area contributed by atoms with Gasteiger partial charge in [-0.25, -0.2) is 0 Å². The maximum atomic E-state index is 12.7. The minimum absolute atomic E-state index is 0.0404. The highest BCUT2D eigenvalue weighted by Gasteiger charge is 2.26. The Morgan fingerprint density at radius 1 is 1.10 bits per heavy atom. The van der Waals surface area contributed by atoms with Crippen molar-refractivity contribution in [2.45, 2.75) is 45.6 Å². The van der Waals surface area contributed by atoms with Crippen molar-refractivity contribution in [1.29, 1.82) is 0 Å². The number of piperidine rings is 1. The molecule has 6 nitrogen and oxygen atoms in total. The molecule has 0 saturated carbocycles. The lowest BCUT2D eigenvalue weighted by Gasteiger charge is -2.30. The van der Waals surface area contributed by atoms with E-state index in [0.717, 1.165) is 43.6 Å². The minimum atomic E-state index is 0.0404. The van der Waals surface area contributed by atoms with Crippen molar-refractivity contribution in [2.24, 2.45) is 5.92 Å². The molecule has 1 aliphatic rings. The fraction of sp³-hybridized carbons (Fsp3) is 0.400. The van der Waals surface area contributed by atoms with Gasteiger partial charge in [-0.15, -0.1) is 0 Å². The van der Waals surface area contributed by atoms with Gasteiger partial charge in [-0.05, 0) is 56.5 Å². The van der Waals surface area contributed by atoms with Gasteiger partial charge in [-0.3, -0.25) is 9.69 Å². The number of benzene rings is 2. The number of likely N-dealkylation sites (tertiary alicyclic amines) is 1. The topological polar surface area (TPSA) is 71.3 Å². The molecule has 4 rings (SSSR count). The number of anilines is 1. The van der Waals surface area contributed by atoms with E-state index in [0.29, 0.717) is 18.3 Å². The Kier molecular flexibility index (Phi) is 7.10. The fourth-order valence-corrected chi connectivity index (χ4v) is 3.95. The second-order valence-corrected chi connectivity index (χ2v) is 8.22. The second kappa shape index (κ2) is 10.4. The Balaban J connectivity index is 1.24. The molecule has 1 fully saturated rings. The predicted octanol–water partition coefficient (Wildman–Crippen LogP) is 4.93. The molecule has 2 aromatic carbocycles. The zero-order valence-corrected chi connectivity index (χ0v) is 18.1. The lowest BCUT2D eigenvalue weighted by molar-refractivity contribution is -0.121. The maximum absolute atomic E-state index is 12.7. The SMILES string of the molecule is CCCCc1ccc(NC(=O)C2CCN(Cc3nc(-c4ccccc4)no3)CC2)cc1. The molecule has 1 saturated heterocycles. The zero-order chi connectivity index (χ0) is 21.5. The lowest BCUT2D eigenvalue weighted by Crippen LogP contribution is -2.37. The number of aromatic nitrogens is 2. The van der Waals surface area contributed by atoms with Crippen molar-refractivity contribution >= 4 is 11.6 Å². The average Bonchev–Trinajstić information content (AvgIpc) is 3.28. The summed E-state index contributed by atoms with van der Waals surface area (Å²) in [6, 6.07) is 18.1. The Labute approximate surface area is 183 Å². The van der Waals surface area contributed by atoms with Gasteiger partial charge >= 0.3 is 0 Å². The summed E-state index contributed by atoms with van der Waals surface area (Å²) in [7, 11) is 0. The van der Waals surface area contributed by atoms with Gasteiger partial charge in [-0.1, -0.05) is 61.0 Å². The van der Waals surface area contributed by atoms with E-state index < -0.39 is 0 Å². The summed E-state index contributed by atoms with van der Waals surface area (Å²) in [6.07, 6.45) is 5.15. The average molecular weight is 419 g/mol. The zero-order valence-electron chi connectivity index (χ0n) is 18.1. The van der Waals surface area contributed by atoms with E-state index in [1.54, 1.807) is 0 Å². The molecule has 1 N–H and O–H groups in total. The summed E-state index contributed by atoms with van der Waals surface area (Å²) in [5, 5.41) is 7.17. The van der Waals surface area contributed by atoms with Crippen molar-refractivity contribution in [3.05, 3.63) is 66.1 Å². The number of rotatable bonds is 8. The van der Waals surface area contributed by atoms with Crippen LogP contribution >= 0.6 is 0 Å². The summed E-state index contributed by atoms with van der Waals surface area (Å²) in [4.78, 5) is 19.5. The van der Waals surface area contributed by atoms with Gasteiger partial charge in [-0.2, -0.15) is 4.98 Å². The predicted molar refractivity (Wildman–Crippen MR) is 121 cm³/mol. The van der Waals surface area contributed by atoms with Crippen LogP contribution in [0.5, 0.6) is 0 Å². The van der Waals surface area contributed by atoms with Crippen molar-refractivity contribution < 1.29 is 9.32 Å². The molecule has 1 aliphatic heterocycles. The third kappa shape index (κ3) is 5.79. The van der Waals surface area contributed by atoms with Gasteiger partial charge in [0.2, 0.25) is 17.6 Å². The van der Waals surface area contributed by atoms with Crippen LogP contribution < -0.4 is 5.32 Å². The molecule has 162 valence electrons. The van der Waals surface area contributed by atoms with Gasteiger partial charge in [0.25, 0.3) is 0 Å². The first-order valence-electron chi connectivity index (χ1n) is 11.2. The summed E-state index contributed by atoms with van der Waals surface area (Å²) < 4.78 is 5.43. The summed E-state index contributed by atoms with van der Waals surface area (Å²) in [6.45, 7) is 4.51. The molecule has 0 atom stereocenters. The van der Waals surface area contributed by atoms with E-state index >= 15 is 0 Å². The van der Waals surface area contributed by atoms with E-state index in [9.17, 15) is 4.79 Å². The number of hydrogen-bond acceptors (Lipinski definition) is 5. The van der Waals surface area contributed by atoms with Crippen LogP contribution in [-0.4, -0.2) is 34.0 Å². The quantitative estimate of drug-likeness (QED) is 0.562. The van der Waals surface area contributed by atoms with Crippen LogP contribution in [-0.2, 0) is 17.8 Å². The molecule has 0 bridgehead atoms. The van der Waals surface area contributed by atoms with Gasteiger partial charge in [0.15, 0.2) is 0 Å². The van der Waals surface area contributed by atoms with Crippen molar-refractivity contribution in [3.63, 3.8) is 0 Å². The van der Waals surface area contributed by atoms with Crippen LogP contribution in [0, 0.1) is 5.92 Å². The molecule has 1 amide bonds. The van der Waals surface area contributed by atoms with Crippen molar-refractivity contribution in [3.8, 4) is 11.4 Å². The number of carbonyl (C=O) groups is 1. The van der Waals surface area contributed by atoms with Crippen LogP contribution in [0.15, 0.2) is 59.1 Å². The fourth-order valence-electron chi connectivity index (χ4n) is 3.95. The van der Waals surface area contributed by atoms with Crippen LogP contribution in [0.2, 0.25) is 0 Å². The Morgan fingerprint density at radius 3 is 2.55 bits per heavy atom. The normalized spacial score (nSPS) is 15.1. The summed E-state index contributed by atoms with van der Waals surface area (Å²) >= 11 is 0. The van der Waals surface area contributed by atoms with Gasteiger partial charge < -0.3 is 9.84 Å². The monoisotopic (exact) mass is 418 g/mol. The summed E-state index contributed by atoms with van der Waals surface area (Å²) in [5.41, 5.74) is 3.16. The number of carbonyl (C=O) groups excluding carboxylic acids is 1. The van der Waals surface area contributed by atoms with Crippen LogP contribution in [0.3, 0.4) is 0 Å². The second-order valence-electron chi connectivity index (χ2n) is 8.22. The highest BCUT2D eigenvalue weighted by atomic mass is 16.5. The number of aryl methyl sites for hydroxylation is 1. The first-order valence-corrected chi connectivity index (χ1v) is 11.2. The van der Waals surface area contributed by atoms with Gasteiger partial charge in [0.05, 0.1) is 6.54 Å². The maximum Gasteiger partial charge on any atom is 0.241 e. The van der Waals surface area contributed by atoms with E-state index in [1.165, 1.54) is 18.4 Å². The smallest absolute Gasteiger partial charge is 0.241 e. The number of amides is 1. The number of unbranched alkanes of at least 4 members (excludes halogenated alkanes) is 1. The largest absolute Gasteiger partial charge is 0.338 e. The first kappa shape index (κ1) is 21.2. The van der Waals surface area contributed by atoms with E-state index in [4.69, 9.17) is 4.52 Å². The molecule has 1 aromatic heterocycles. The van der Waals surface area contributed by atoms with Crippen LogP contribution in [0.4, 0.5) is 5.69 Å². The molecule has 31 heavy (non-hydrogen) atoms. The molecule has 0 spiro atoms. The Hall–Kier alpha value is -2.99. The minimum Gasteiger partial charge on any atom is -0.338 e. The molecular formula is C25H30N4O2. The molecule has 2 heterocycles. The highest BCUT2D eigenvalue weighted by Crippen LogP contribution is 2.22. The number of nitrogens with one attached hydrogen (secondary N) is 1. The van der Waals surface area contributed by atoms with Crippen LogP contribution in [0.1, 0.15) is 44.1 Å². The first-order chi connectivity index (χ1) is 15.2. The lowest BCUT2D eigenvalue weighted by atomic mass is 9.95. The molecule has 0 radical (unpaired) electrons. The van der Waals surface area contributed by atoms with E-state index in [1.807, 2.05) is 42.5 Å². The molecule has 6 heteroatoms. The van der Waals surface area contributed by atoms with Crippen LogP contribution in [0.25, 0.3) is 11.4 Å². The van der Waals surface area contributed by atoms with E-state index in [-0.39, 0.29) is 11.8 Å². The number of nitrogens with zero attached hydrogens (tertiary/aromatic N) is 3. The molecule has 3 aromatic rings. The Bertz CT molecular complexity index is 961. The van der Waals surface area contributed by atoms with Gasteiger partial charge in [0, 0.05) is 17.2 Å². The molecule has 0 unspecified atom stereocenters. The molecule has 0 aliphatic carbocycles. The number of hydrogen-bond donors (Lipinski definition) is 1. The standard InChI is InChI=1S/C25H30N4O2/c1-2-3-7-19-10-12-22(13-11-19)26-25(30)21-14-16-29(17-15-21)18-23-27-24(28-31-23)20-8-5-4-6-9-20/h4-6,8-13,21H,2-3,7,14-18H2,1H3,(H,26,30). The third-order valence-electron chi connectivity index (χ3n) is 5.86. The van der Waals surface area contributed by atoms with Crippen molar-refractivity contribution in [1.82, 2.24) is 15.0 Å². The van der Waals surface area contributed by atoms with Crippen molar-refractivity contribution in [2.75, 3.05) is 18.4 Å². The van der Waals surface area contributed by atoms with Gasteiger partial charge in [0.1, 0.15) is 0 Å². The third-order valence-corrected chi connectivity index (χ3v) is 5.86. The Morgan fingerprint density at radius 2 is 1.84 bits per heavy atom.